The Balaban J connectivity index is 2.21. The minimum atomic E-state index is -0.744. The normalized spacial score (nSPS) is 29.0. The summed E-state index contributed by atoms with van der Waals surface area (Å²) in [7, 11) is 1.73. The highest BCUT2D eigenvalue weighted by Crippen LogP contribution is 2.21. The van der Waals surface area contributed by atoms with Crippen molar-refractivity contribution in [2.75, 3.05) is 7.11 Å². The first-order valence-corrected chi connectivity index (χ1v) is 5.12. The fourth-order valence-electron chi connectivity index (χ4n) is 2.03. The van der Waals surface area contributed by atoms with Gasteiger partial charge in [-0.3, -0.25) is 4.79 Å². The molecule has 0 aromatic rings. The average molecular weight is 201 g/mol. The fraction of sp³-hybridized carbons (Fsp3) is 0.900. The maximum atomic E-state index is 10.4. The van der Waals surface area contributed by atoms with Gasteiger partial charge in [0.2, 0.25) is 0 Å². The van der Waals surface area contributed by atoms with Gasteiger partial charge in [0.25, 0.3) is 0 Å². The van der Waals surface area contributed by atoms with Crippen molar-refractivity contribution in [2.45, 2.75) is 50.8 Å². The Morgan fingerprint density at radius 2 is 2.36 bits per heavy atom. The highest BCUT2D eigenvalue weighted by atomic mass is 16.5. The Bertz CT molecular complexity index is 196. The van der Waals surface area contributed by atoms with Crippen molar-refractivity contribution in [2.24, 2.45) is 0 Å². The third-order valence-corrected chi connectivity index (χ3v) is 2.72. The lowest BCUT2D eigenvalue weighted by molar-refractivity contribution is -0.137. The zero-order valence-corrected chi connectivity index (χ0v) is 8.82. The van der Waals surface area contributed by atoms with Crippen molar-refractivity contribution in [3.63, 3.8) is 0 Å². The molecule has 1 rings (SSSR count). The summed E-state index contributed by atoms with van der Waals surface area (Å²) in [6.45, 7) is 1.91. The molecule has 3 unspecified atom stereocenters. The SMILES string of the molecule is COC1CCC(NC(C)CC(=O)O)C1. The molecule has 2 N–H and O–H groups in total. The molecular weight excluding hydrogens is 182 g/mol. The monoisotopic (exact) mass is 201 g/mol. The van der Waals surface area contributed by atoms with Gasteiger partial charge in [-0.25, -0.2) is 0 Å². The summed E-state index contributed by atoms with van der Waals surface area (Å²) in [5.41, 5.74) is 0. The molecule has 82 valence electrons. The van der Waals surface area contributed by atoms with Crippen LogP contribution in [0.25, 0.3) is 0 Å². The molecule has 3 atom stereocenters. The standard InChI is InChI=1S/C10H19NO3/c1-7(5-10(12)13)11-8-3-4-9(6-8)14-2/h7-9,11H,3-6H2,1-2H3,(H,12,13). The van der Waals surface area contributed by atoms with E-state index in [1.807, 2.05) is 6.92 Å². The molecule has 4 heteroatoms. The van der Waals surface area contributed by atoms with Crippen molar-refractivity contribution in [1.29, 1.82) is 0 Å². The molecule has 0 aliphatic heterocycles. The second kappa shape index (κ2) is 5.32. The van der Waals surface area contributed by atoms with Crippen LogP contribution in [0, 0.1) is 0 Å². The minimum Gasteiger partial charge on any atom is -0.481 e. The van der Waals surface area contributed by atoms with E-state index >= 15 is 0 Å². The van der Waals surface area contributed by atoms with Crippen LogP contribution in [-0.4, -0.2) is 36.4 Å². The van der Waals surface area contributed by atoms with Crippen LogP contribution in [0.1, 0.15) is 32.6 Å². The molecule has 1 aliphatic rings. The van der Waals surface area contributed by atoms with E-state index in [0.29, 0.717) is 12.1 Å². The highest BCUT2D eigenvalue weighted by molar-refractivity contribution is 5.67. The van der Waals surface area contributed by atoms with E-state index in [9.17, 15) is 4.79 Å². The number of aliphatic carboxylic acids is 1. The molecule has 1 fully saturated rings. The lowest BCUT2D eigenvalue weighted by Gasteiger charge is -2.17. The van der Waals surface area contributed by atoms with E-state index in [1.165, 1.54) is 0 Å². The Hall–Kier alpha value is -0.610. The van der Waals surface area contributed by atoms with Crippen LogP contribution < -0.4 is 5.32 Å². The topological polar surface area (TPSA) is 58.6 Å². The summed E-state index contributed by atoms with van der Waals surface area (Å²) in [5.74, 6) is -0.744. The van der Waals surface area contributed by atoms with Crippen LogP contribution in [0.2, 0.25) is 0 Å². The van der Waals surface area contributed by atoms with Gasteiger partial charge in [0.05, 0.1) is 12.5 Å². The third kappa shape index (κ3) is 3.64. The summed E-state index contributed by atoms with van der Waals surface area (Å²) in [6.07, 6.45) is 3.70. The first kappa shape index (κ1) is 11.5. The van der Waals surface area contributed by atoms with Crippen molar-refractivity contribution in [3.05, 3.63) is 0 Å². The van der Waals surface area contributed by atoms with Gasteiger partial charge >= 0.3 is 5.97 Å². The Morgan fingerprint density at radius 3 is 2.86 bits per heavy atom. The molecule has 0 aromatic heterocycles. The van der Waals surface area contributed by atoms with E-state index in [4.69, 9.17) is 9.84 Å². The molecule has 0 bridgehead atoms. The zero-order valence-electron chi connectivity index (χ0n) is 8.82. The number of hydrogen-bond acceptors (Lipinski definition) is 3. The Morgan fingerprint density at radius 1 is 1.64 bits per heavy atom. The fourth-order valence-corrected chi connectivity index (χ4v) is 2.03. The molecule has 4 nitrogen and oxygen atoms in total. The molecule has 0 spiro atoms. The molecule has 0 heterocycles. The maximum Gasteiger partial charge on any atom is 0.304 e. The van der Waals surface area contributed by atoms with Gasteiger partial charge in [0.1, 0.15) is 0 Å². The summed E-state index contributed by atoms with van der Waals surface area (Å²) in [6, 6.07) is 0.474. The van der Waals surface area contributed by atoms with Gasteiger partial charge in [0.15, 0.2) is 0 Å². The van der Waals surface area contributed by atoms with E-state index in [-0.39, 0.29) is 12.5 Å². The van der Waals surface area contributed by atoms with Crippen molar-refractivity contribution in [1.82, 2.24) is 5.32 Å². The van der Waals surface area contributed by atoms with Crippen LogP contribution in [-0.2, 0) is 9.53 Å². The summed E-state index contributed by atoms with van der Waals surface area (Å²) in [4.78, 5) is 10.4. The van der Waals surface area contributed by atoms with Crippen LogP contribution in [0.3, 0.4) is 0 Å². The van der Waals surface area contributed by atoms with Gasteiger partial charge in [-0.2, -0.15) is 0 Å². The molecule has 0 radical (unpaired) electrons. The highest BCUT2D eigenvalue weighted by Gasteiger charge is 2.25. The van der Waals surface area contributed by atoms with Gasteiger partial charge in [-0.1, -0.05) is 0 Å². The third-order valence-electron chi connectivity index (χ3n) is 2.72. The van der Waals surface area contributed by atoms with E-state index in [2.05, 4.69) is 5.32 Å². The lowest BCUT2D eigenvalue weighted by Crippen LogP contribution is -2.36. The number of rotatable bonds is 5. The maximum absolute atomic E-state index is 10.4. The minimum absolute atomic E-state index is 0.0492. The Labute approximate surface area is 84.6 Å². The predicted octanol–water partition coefficient (Wildman–Crippen LogP) is 1.01. The van der Waals surface area contributed by atoms with E-state index in [0.717, 1.165) is 19.3 Å². The van der Waals surface area contributed by atoms with E-state index in [1.54, 1.807) is 7.11 Å². The number of methoxy groups -OCH3 is 1. The van der Waals surface area contributed by atoms with Gasteiger partial charge in [-0.15, -0.1) is 0 Å². The first-order valence-electron chi connectivity index (χ1n) is 5.12. The van der Waals surface area contributed by atoms with Crippen molar-refractivity contribution >= 4 is 5.97 Å². The van der Waals surface area contributed by atoms with E-state index < -0.39 is 5.97 Å². The summed E-state index contributed by atoms with van der Waals surface area (Å²) in [5, 5.41) is 11.9. The van der Waals surface area contributed by atoms with Crippen LogP contribution in [0.15, 0.2) is 0 Å². The molecule has 0 aromatic carbocycles. The second-order valence-corrected chi connectivity index (χ2v) is 4.03. The number of carboxylic acid groups (broad SMARTS) is 1. The van der Waals surface area contributed by atoms with Gasteiger partial charge < -0.3 is 15.2 Å². The number of carboxylic acids is 1. The lowest BCUT2D eigenvalue weighted by atomic mass is 10.2. The molecule has 0 amide bonds. The largest absolute Gasteiger partial charge is 0.481 e. The van der Waals surface area contributed by atoms with Crippen LogP contribution in [0.5, 0.6) is 0 Å². The first-order chi connectivity index (χ1) is 6.61. The average Bonchev–Trinajstić information content (AvgIpc) is 2.50. The summed E-state index contributed by atoms with van der Waals surface area (Å²) < 4.78 is 5.25. The second-order valence-electron chi connectivity index (χ2n) is 4.03. The molecule has 14 heavy (non-hydrogen) atoms. The van der Waals surface area contributed by atoms with Crippen molar-refractivity contribution in [3.8, 4) is 0 Å². The number of carbonyl (C=O) groups is 1. The molecule has 0 saturated heterocycles. The predicted molar refractivity (Wildman–Crippen MR) is 53.3 cm³/mol. The molecule has 1 saturated carbocycles. The van der Waals surface area contributed by atoms with Gasteiger partial charge in [0, 0.05) is 19.2 Å². The number of hydrogen-bond donors (Lipinski definition) is 2. The number of nitrogens with one attached hydrogen (secondary N) is 1. The zero-order chi connectivity index (χ0) is 10.6. The van der Waals surface area contributed by atoms with Crippen LogP contribution >= 0.6 is 0 Å². The molecule has 1 aliphatic carbocycles. The van der Waals surface area contributed by atoms with Gasteiger partial charge in [-0.05, 0) is 26.2 Å². The smallest absolute Gasteiger partial charge is 0.304 e. The Kier molecular flexibility index (Phi) is 4.35. The van der Waals surface area contributed by atoms with Crippen molar-refractivity contribution < 1.29 is 14.6 Å². The quantitative estimate of drug-likeness (QED) is 0.697. The molecular formula is C10H19NO3. The summed E-state index contributed by atoms with van der Waals surface area (Å²) >= 11 is 0. The number of ether oxygens (including phenoxy) is 1. The van der Waals surface area contributed by atoms with Crippen LogP contribution in [0.4, 0.5) is 0 Å².